The highest BCUT2D eigenvalue weighted by molar-refractivity contribution is 5.89. The second kappa shape index (κ2) is 6.06. The molecule has 1 aromatic rings. The van der Waals surface area contributed by atoms with E-state index < -0.39 is 0 Å². The highest BCUT2D eigenvalue weighted by atomic mass is 16.6. The van der Waals surface area contributed by atoms with Gasteiger partial charge in [0.1, 0.15) is 5.60 Å². The van der Waals surface area contributed by atoms with Gasteiger partial charge in [0.25, 0.3) is 0 Å². The Hall–Kier alpha value is -1.31. The fraction of sp³-hybridized carbons (Fsp3) is 0.650. The van der Waals surface area contributed by atoms with Crippen molar-refractivity contribution >= 4 is 5.97 Å². The van der Waals surface area contributed by atoms with Crippen molar-refractivity contribution in [1.82, 2.24) is 0 Å². The molecule has 2 saturated carbocycles. The zero-order valence-corrected chi connectivity index (χ0v) is 14.1. The van der Waals surface area contributed by atoms with E-state index in [1.165, 1.54) is 24.8 Å². The van der Waals surface area contributed by atoms with Gasteiger partial charge in [-0.05, 0) is 68.9 Å². The number of aryl methyl sites for hydroxylation is 1. The molecule has 0 aromatic heterocycles. The molecule has 0 spiro atoms. The first kappa shape index (κ1) is 15.6. The second-order valence-corrected chi connectivity index (χ2v) is 7.77. The Bertz CT molecular complexity index is 529. The molecule has 1 aromatic carbocycles. The number of ether oxygens (including phenoxy) is 1. The third kappa shape index (κ3) is 3.21. The first-order valence-corrected chi connectivity index (χ1v) is 8.79. The minimum atomic E-state index is -0.205. The molecule has 2 bridgehead atoms. The van der Waals surface area contributed by atoms with Crippen LogP contribution in [0.1, 0.15) is 68.3 Å². The summed E-state index contributed by atoms with van der Waals surface area (Å²) in [5.74, 6) is 2.00. The highest BCUT2D eigenvalue weighted by Gasteiger charge is 2.47. The average Bonchev–Trinajstić information content (AvgIpc) is 2.46. The van der Waals surface area contributed by atoms with Crippen LogP contribution in [-0.4, -0.2) is 11.6 Å². The van der Waals surface area contributed by atoms with Crippen molar-refractivity contribution in [3.8, 4) is 0 Å². The lowest BCUT2D eigenvalue weighted by Gasteiger charge is -2.49. The van der Waals surface area contributed by atoms with Crippen molar-refractivity contribution in [1.29, 1.82) is 0 Å². The summed E-state index contributed by atoms with van der Waals surface area (Å²) < 4.78 is 6.14. The summed E-state index contributed by atoms with van der Waals surface area (Å²) >= 11 is 0. The topological polar surface area (TPSA) is 26.3 Å². The van der Waals surface area contributed by atoms with Crippen LogP contribution in [0.25, 0.3) is 0 Å². The van der Waals surface area contributed by atoms with E-state index in [9.17, 15) is 4.79 Å². The maximum atomic E-state index is 12.6. The molecule has 2 aliphatic rings. The van der Waals surface area contributed by atoms with Gasteiger partial charge in [-0.25, -0.2) is 4.79 Å². The smallest absolute Gasteiger partial charge is 0.338 e. The number of hydrogen-bond acceptors (Lipinski definition) is 2. The fourth-order valence-corrected chi connectivity index (χ4v) is 4.79. The third-order valence-electron chi connectivity index (χ3n) is 5.62. The van der Waals surface area contributed by atoms with Gasteiger partial charge in [-0.3, -0.25) is 0 Å². The summed E-state index contributed by atoms with van der Waals surface area (Å²) in [6.07, 6.45) is 7.00. The third-order valence-corrected chi connectivity index (χ3v) is 5.62. The number of benzene rings is 1. The van der Waals surface area contributed by atoms with Crippen molar-refractivity contribution in [2.75, 3.05) is 0 Å². The number of carbonyl (C=O) groups excluding carboxylic acids is 1. The molecule has 0 aliphatic heterocycles. The van der Waals surface area contributed by atoms with Gasteiger partial charge in [-0.15, -0.1) is 0 Å². The Morgan fingerprint density at radius 1 is 1.18 bits per heavy atom. The molecule has 2 fully saturated rings. The van der Waals surface area contributed by atoms with Crippen molar-refractivity contribution in [3.63, 3.8) is 0 Å². The van der Waals surface area contributed by atoms with Crippen LogP contribution >= 0.6 is 0 Å². The zero-order valence-electron chi connectivity index (χ0n) is 14.1. The second-order valence-electron chi connectivity index (χ2n) is 7.77. The van der Waals surface area contributed by atoms with Gasteiger partial charge in [0, 0.05) is 0 Å². The molecule has 2 aliphatic carbocycles. The van der Waals surface area contributed by atoms with Crippen LogP contribution in [0.2, 0.25) is 0 Å². The predicted octanol–water partition coefficient (Wildman–Crippen LogP) is 5.15. The first-order valence-electron chi connectivity index (χ1n) is 8.79. The summed E-state index contributed by atoms with van der Waals surface area (Å²) in [7, 11) is 0. The van der Waals surface area contributed by atoms with Gasteiger partial charge in [-0.1, -0.05) is 38.0 Å². The number of hydrogen-bond donors (Lipinski definition) is 0. The number of fused-ring (bicyclic) bond motifs is 2. The van der Waals surface area contributed by atoms with Gasteiger partial charge in [-0.2, -0.15) is 0 Å². The summed E-state index contributed by atoms with van der Waals surface area (Å²) in [4.78, 5) is 12.6. The minimum absolute atomic E-state index is 0.135. The fourth-order valence-electron chi connectivity index (χ4n) is 4.79. The van der Waals surface area contributed by atoms with Crippen LogP contribution in [0, 0.1) is 24.7 Å². The Labute approximate surface area is 134 Å². The lowest BCUT2D eigenvalue weighted by molar-refractivity contribution is -0.0972. The van der Waals surface area contributed by atoms with Crippen LogP contribution in [0.15, 0.2) is 24.3 Å². The van der Waals surface area contributed by atoms with E-state index in [1.807, 2.05) is 31.2 Å². The largest absolute Gasteiger partial charge is 0.455 e. The molecular formula is C20H28O2. The molecule has 0 saturated heterocycles. The maximum absolute atomic E-state index is 12.6. The molecule has 4 atom stereocenters. The SMILES string of the molecule is CCC1CC2CC(C)CC(OC(=O)c3ccc(C)cc3)(C1)C2. The molecule has 120 valence electrons. The molecule has 2 heteroatoms. The van der Waals surface area contributed by atoms with E-state index in [-0.39, 0.29) is 11.6 Å². The maximum Gasteiger partial charge on any atom is 0.338 e. The Kier molecular flexibility index (Phi) is 4.29. The standard InChI is InChI=1S/C20H28O2/c1-4-16-10-17-9-15(3)11-20(12-16,13-17)22-19(21)18-7-5-14(2)6-8-18/h5-8,15-17H,4,9-13H2,1-3H3. The van der Waals surface area contributed by atoms with Crippen LogP contribution in [0.5, 0.6) is 0 Å². The van der Waals surface area contributed by atoms with Crippen molar-refractivity contribution in [2.24, 2.45) is 17.8 Å². The minimum Gasteiger partial charge on any atom is -0.455 e. The van der Waals surface area contributed by atoms with E-state index in [0.717, 1.165) is 31.1 Å². The molecule has 0 N–H and O–H groups in total. The van der Waals surface area contributed by atoms with Crippen LogP contribution in [-0.2, 0) is 4.74 Å². The molecule has 0 amide bonds. The summed E-state index contributed by atoms with van der Waals surface area (Å²) in [5, 5.41) is 0. The number of esters is 1. The summed E-state index contributed by atoms with van der Waals surface area (Å²) in [6.45, 7) is 6.62. The van der Waals surface area contributed by atoms with Gasteiger partial charge in [0.05, 0.1) is 5.56 Å². The van der Waals surface area contributed by atoms with Gasteiger partial charge >= 0.3 is 5.97 Å². The molecule has 0 heterocycles. The van der Waals surface area contributed by atoms with Gasteiger partial charge in [0.15, 0.2) is 0 Å². The normalized spacial score (nSPS) is 34.2. The molecule has 4 unspecified atom stereocenters. The van der Waals surface area contributed by atoms with E-state index >= 15 is 0 Å². The van der Waals surface area contributed by atoms with Crippen molar-refractivity contribution in [2.45, 2.75) is 64.9 Å². The van der Waals surface area contributed by atoms with Crippen molar-refractivity contribution in [3.05, 3.63) is 35.4 Å². The van der Waals surface area contributed by atoms with E-state index in [4.69, 9.17) is 4.74 Å². The first-order chi connectivity index (χ1) is 10.5. The quantitative estimate of drug-likeness (QED) is 0.722. The number of rotatable bonds is 3. The Balaban J connectivity index is 1.78. The Morgan fingerprint density at radius 3 is 2.59 bits per heavy atom. The van der Waals surface area contributed by atoms with E-state index in [0.29, 0.717) is 11.5 Å². The predicted molar refractivity (Wildman–Crippen MR) is 88.8 cm³/mol. The molecule has 3 rings (SSSR count). The van der Waals surface area contributed by atoms with Crippen molar-refractivity contribution < 1.29 is 9.53 Å². The Morgan fingerprint density at radius 2 is 1.91 bits per heavy atom. The van der Waals surface area contributed by atoms with Crippen LogP contribution in [0.4, 0.5) is 0 Å². The average molecular weight is 300 g/mol. The molecule has 2 nitrogen and oxygen atoms in total. The van der Waals surface area contributed by atoms with E-state index in [2.05, 4.69) is 13.8 Å². The lowest BCUT2D eigenvalue weighted by atomic mass is 9.62. The van der Waals surface area contributed by atoms with Gasteiger partial charge in [0.2, 0.25) is 0 Å². The molecule has 0 radical (unpaired) electrons. The van der Waals surface area contributed by atoms with Crippen LogP contribution < -0.4 is 0 Å². The highest BCUT2D eigenvalue weighted by Crippen LogP contribution is 2.50. The summed E-state index contributed by atoms with van der Waals surface area (Å²) in [5.41, 5.74) is 1.65. The lowest BCUT2D eigenvalue weighted by Crippen LogP contribution is -2.48. The molecule has 22 heavy (non-hydrogen) atoms. The monoisotopic (exact) mass is 300 g/mol. The summed E-state index contributed by atoms with van der Waals surface area (Å²) in [6, 6.07) is 7.74. The zero-order chi connectivity index (χ0) is 15.7. The van der Waals surface area contributed by atoms with Crippen LogP contribution in [0.3, 0.4) is 0 Å². The van der Waals surface area contributed by atoms with E-state index in [1.54, 1.807) is 0 Å². The van der Waals surface area contributed by atoms with Gasteiger partial charge < -0.3 is 4.74 Å². The number of carbonyl (C=O) groups is 1. The molecular weight excluding hydrogens is 272 g/mol.